The van der Waals surface area contributed by atoms with Gasteiger partial charge < -0.3 is 15.0 Å². The summed E-state index contributed by atoms with van der Waals surface area (Å²) < 4.78 is 10.5. The Kier molecular flexibility index (Phi) is 3.99. The predicted molar refractivity (Wildman–Crippen MR) is 81.9 cm³/mol. The SMILES string of the molecule is COc1c(-c2nc(C3(N)CCCCC3)no2)cccc1[N+](=O)[O-]. The van der Waals surface area contributed by atoms with Crippen LogP contribution in [0.25, 0.3) is 11.5 Å². The first-order valence-corrected chi connectivity index (χ1v) is 7.50. The molecule has 3 rings (SSSR count). The molecule has 8 nitrogen and oxygen atoms in total. The van der Waals surface area contributed by atoms with Crippen LogP contribution in [0.4, 0.5) is 5.69 Å². The zero-order valence-electron chi connectivity index (χ0n) is 12.8. The maximum absolute atomic E-state index is 11.1. The van der Waals surface area contributed by atoms with Gasteiger partial charge in [-0.25, -0.2) is 0 Å². The highest BCUT2D eigenvalue weighted by molar-refractivity contribution is 5.70. The minimum Gasteiger partial charge on any atom is -0.490 e. The topological polar surface area (TPSA) is 117 Å². The van der Waals surface area contributed by atoms with E-state index >= 15 is 0 Å². The Balaban J connectivity index is 2.01. The highest BCUT2D eigenvalue weighted by Crippen LogP contribution is 2.38. The number of benzene rings is 1. The van der Waals surface area contributed by atoms with Crippen LogP contribution in [0.1, 0.15) is 37.9 Å². The van der Waals surface area contributed by atoms with Crippen molar-refractivity contribution in [2.75, 3.05) is 7.11 Å². The molecule has 0 saturated heterocycles. The molecular formula is C15H18N4O4. The van der Waals surface area contributed by atoms with Gasteiger partial charge in [0.05, 0.1) is 23.1 Å². The summed E-state index contributed by atoms with van der Waals surface area (Å²) in [4.78, 5) is 15.0. The van der Waals surface area contributed by atoms with Crippen molar-refractivity contribution in [3.8, 4) is 17.2 Å². The smallest absolute Gasteiger partial charge is 0.311 e. The molecule has 1 heterocycles. The molecule has 0 bridgehead atoms. The lowest BCUT2D eigenvalue weighted by atomic mass is 9.82. The normalized spacial score (nSPS) is 17.0. The number of nitrogens with zero attached hydrogens (tertiary/aromatic N) is 3. The van der Waals surface area contributed by atoms with Crippen LogP contribution in [0.3, 0.4) is 0 Å². The van der Waals surface area contributed by atoms with Crippen molar-refractivity contribution in [1.29, 1.82) is 0 Å². The van der Waals surface area contributed by atoms with Crippen molar-refractivity contribution in [2.45, 2.75) is 37.6 Å². The third kappa shape index (κ3) is 2.77. The molecule has 1 aliphatic carbocycles. The van der Waals surface area contributed by atoms with Crippen LogP contribution in [0.2, 0.25) is 0 Å². The summed E-state index contributed by atoms with van der Waals surface area (Å²) in [6.45, 7) is 0. The molecule has 122 valence electrons. The molecule has 8 heteroatoms. The van der Waals surface area contributed by atoms with Crippen molar-refractivity contribution in [1.82, 2.24) is 10.1 Å². The zero-order chi connectivity index (χ0) is 16.4. The maximum Gasteiger partial charge on any atom is 0.311 e. The molecule has 1 aromatic carbocycles. The van der Waals surface area contributed by atoms with Crippen molar-refractivity contribution < 1.29 is 14.2 Å². The van der Waals surface area contributed by atoms with Crippen molar-refractivity contribution >= 4 is 5.69 Å². The summed E-state index contributed by atoms with van der Waals surface area (Å²) >= 11 is 0. The number of aromatic nitrogens is 2. The molecule has 23 heavy (non-hydrogen) atoms. The van der Waals surface area contributed by atoms with E-state index in [1.54, 1.807) is 12.1 Å². The van der Waals surface area contributed by atoms with E-state index in [1.807, 2.05) is 0 Å². The summed E-state index contributed by atoms with van der Waals surface area (Å²) in [7, 11) is 1.37. The Morgan fingerprint density at radius 3 is 2.74 bits per heavy atom. The van der Waals surface area contributed by atoms with Crippen LogP contribution < -0.4 is 10.5 Å². The van der Waals surface area contributed by atoms with Crippen LogP contribution in [0.5, 0.6) is 5.75 Å². The third-order valence-corrected chi connectivity index (χ3v) is 4.24. The van der Waals surface area contributed by atoms with Gasteiger partial charge in [0.1, 0.15) is 0 Å². The molecule has 0 spiro atoms. The number of ether oxygens (including phenoxy) is 1. The molecule has 1 saturated carbocycles. The number of rotatable bonds is 4. The first kappa shape index (κ1) is 15.4. The van der Waals surface area contributed by atoms with Gasteiger partial charge in [0.2, 0.25) is 5.75 Å². The average Bonchev–Trinajstić information content (AvgIpc) is 3.05. The fourth-order valence-electron chi connectivity index (χ4n) is 2.99. The summed E-state index contributed by atoms with van der Waals surface area (Å²) in [5, 5.41) is 15.1. The van der Waals surface area contributed by atoms with Gasteiger partial charge in [-0.15, -0.1) is 0 Å². The van der Waals surface area contributed by atoms with Crippen molar-refractivity contribution in [3.63, 3.8) is 0 Å². The maximum atomic E-state index is 11.1. The van der Waals surface area contributed by atoms with E-state index in [1.165, 1.54) is 13.2 Å². The van der Waals surface area contributed by atoms with E-state index in [9.17, 15) is 10.1 Å². The zero-order valence-corrected chi connectivity index (χ0v) is 12.8. The van der Waals surface area contributed by atoms with Gasteiger partial charge in [-0.3, -0.25) is 10.1 Å². The number of nitro groups is 1. The summed E-state index contributed by atoms with van der Waals surface area (Å²) in [6, 6.07) is 4.57. The van der Waals surface area contributed by atoms with Crippen LogP contribution in [0, 0.1) is 10.1 Å². The van der Waals surface area contributed by atoms with E-state index < -0.39 is 10.5 Å². The first-order chi connectivity index (χ1) is 11.0. The highest BCUT2D eigenvalue weighted by atomic mass is 16.6. The van der Waals surface area contributed by atoms with Crippen LogP contribution in [0.15, 0.2) is 22.7 Å². The molecule has 0 radical (unpaired) electrons. The summed E-state index contributed by atoms with van der Waals surface area (Å²) in [5.41, 5.74) is 6.05. The largest absolute Gasteiger partial charge is 0.490 e. The lowest BCUT2D eigenvalue weighted by molar-refractivity contribution is -0.385. The average molecular weight is 318 g/mol. The fourth-order valence-corrected chi connectivity index (χ4v) is 2.99. The summed E-state index contributed by atoms with van der Waals surface area (Å²) in [6.07, 6.45) is 4.82. The highest BCUT2D eigenvalue weighted by Gasteiger charge is 2.35. The second kappa shape index (κ2) is 5.96. The molecule has 1 fully saturated rings. The van der Waals surface area contributed by atoms with E-state index in [0.717, 1.165) is 32.1 Å². The van der Waals surface area contributed by atoms with Gasteiger partial charge in [-0.1, -0.05) is 30.5 Å². The molecule has 1 aromatic heterocycles. The third-order valence-electron chi connectivity index (χ3n) is 4.24. The van der Waals surface area contributed by atoms with E-state index in [4.69, 9.17) is 15.0 Å². The molecule has 0 amide bonds. The lowest BCUT2D eigenvalue weighted by Crippen LogP contribution is -2.39. The minimum atomic E-state index is -0.589. The Morgan fingerprint density at radius 1 is 1.35 bits per heavy atom. The number of nitrogens with two attached hydrogens (primary N) is 1. The van der Waals surface area contributed by atoms with Gasteiger partial charge in [0, 0.05) is 6.07 Å². The molecular weight excluding hydrogens is 300 g/mol. The molecule has 0 aliphatic heterocycles. The van der Waals surface area contributed by atoms with Crippen LogP contribution in [-0.4, -0.2) is 22.2 Å². The van der Waals surface area contributed by atoms with Gasteiger partial charge in [0.25, 0.3) is 5.89 Å². The molecule has 2 aromatic rings. The van der Waals surface area contributed by atoms with Gasteiger partial charge in [0.15, 0.2) is 5.82 Å². The molecule has 1 aliphatic rings. The van der Waals surface area contributed by atoms with Crippen LogP contribution >= 0.6 is 0 Å². The Hall–Kier alpha value is -2.48. The van der Waals surface area contributed by atoms with Crippen molar-refractivity contribution in [2.24, 2.45) is 5.73 Å². The van der Waals surface area contributed by atoms with Crippen molar-refractivity contribution in [3.05, 3.63) is 34.1 Å². The van der Waals surface area contributed by atoms with Gasteiger partial charge in [-0.2, -0.15) is 4.98 Å². The number of nitro benzene ring substituents is 1. The first-order valence-electron chi connectivity index (χ1n) is 7.50. The van der Waals surface area contributed by atoms with Gasteiger partial charge >= 0.3 is 5.69 Å². The number of hydrogen-bond acceptors (Lipinski definition) is 7. The van der Waals surface area contributed by atoms with E-state index in [2.05, 4.69) is 10.1 Å². The lowest BCUT2D eigenvalue weighted by Gasteiger charge is -2.29. The predicted octanol–water partition coefficient (Wildman–Crippen LogP) is 2.77. The quantitative estimate of drug-likeness (QED) is 0.680. The number of methoxy groups -OCH3 is 1. The molecule has 2 N–H and O–H groups in total. The summed E-state index contributed by atoms with van der Waals surface area (Å²) in [5.74, 6) is 0.721. The second-order valence-electron chi connectivity index (χ2n) is 5.75. The fraction of sp³-hybridized carbons (Fsp3) is 0.467. The second-order valence-corrected chi connectivity index (χ2v) is 5.75. The molecule has 0 unspecified atom stereocenters. The van der Waals surface area contributed by atoms with Gasteiger partial charge in [-0.05, 0) is 18.9 Å². The number of para-hydroxylation sites is 1. The monoisotopic (exact) mass is 318 g/mol. The van der Waals surface area contributed by atoms with E-state index in [0.29, 0.717) is 11.4 Å². The molecule has 0 atom stereocenters. The Bertz CT molecular complexity index is 722. The van der Waals surface area contributed by atoms with E-state index in [-0.39, 0.29) is 17.3 Å². The standard InChI is InChI=1S/C15H18N4O4/c1-22-12-10(6-5-7-11(12)19(20)21)13-17-14(18-23-13)15(16)8-3-2-4-9-15/h5-7H,2-4,8-9,16H2,1H3. The Labute approximate surface area is 132 Å². The van der Waals surface area contributed by atoms with Crippen LogP contribution in [-0.2, 0) is 5.54 Å². The number of hydrogen-bond donors (Lipinski definition) is 1. The Morgan fingerprint density at radius 2 is 2.09 bits per heavy atom. The minimum absolute atomic E-state index is 0.0995.